The van der Waals surface area contributed by atoms with E-state index < -0.39 is 0 Å². The average molecular weight is 247 g/mol. The largest absolute Gasteiger partial charge is 0.361 e. The van der Waals surface area contributed by atoms with Gasteiger partial charge in [-0.3, -0.25) is 4.79 Å². The van der Waals surface area contributed by atoms with Crippen LogP contribution in [-0.4, -0.2) is 35.7 Å². The van der Waals surface area contributed by atoms with E-state index in [1.54, 1.807) is 13.1 Å². The number of thioether (sulfide) groups is 1. The summed E-state index contributed by atoms with van der Waals surface area (Å²) in [5.74, 6) is 0.429. The highest BCUT2D eigenvalue weighted by Crippen LogP contribution is 2.16. The summed E-state index contributed by atoms with van der Waals surface area (Å²) in [7, 11) is 1.57. The summed E-state index contributed by atoms with van der Waals surface area (Å²) in [6, 6.07) is 1.57. The van der Waals surface area contributed by atoms with Gasteiger partial charge in [-0.15, -0.1) is 0 Å². The minimum atomic E-state index is -0.115. The van der Waals surface area contributed by atoms with Crippen molar-refractivity contribution in [2.45, 2.75) is 5.16 Å². The Bertz CT molecular complexity index is 360. The maximum absolute atomic E-state index is 11.0. The molecule has 1 rings (SSSR count). The Morgan fingerprint density at radius 3 is 2.93 bits per heavy atom. The third-order valence-electron chi connectivity index (χ3n) is 1.57. The predicted molar refractivity (Wildman–Crippen MR) is 61.4 cm³/mol. The Morgan fingerprint density at radius 1 is 1.60 bits per heavy atom. The van der Waals surface area contributed by atoms with Crippen LogP contribution in [0.2, 0.25) is 5.15 Å². The van der Waals surface area contributed by atoms with Gasteiger partial charge in [0.15, 0.2) is 5.16 Å². The van der Waals surface area contributed by atoms with Gasteiger partial charge in [0.05, 0.1) is 6.54 Å². The molecule has 7 heteroatoms. The SMILES string of the molecule is CNC(=O)CNc1cc(Cl)nc(SC)n1. The van der Waals surface area contributed by atoms with E-state index >= 15 is 0 Å². The summed E-state index contributed by atoms with van der Waals surface area (Å²) >= 11 is 7.16. The first-order valence-electron chi connectivity index (χ1n) is 4.18. The molecule has 1 heterocycles. The molecule has 1 aromatic rings. The Labute approximate surface area is 97.0 Å². The Kier molecular flexibility index (Phi) is 4.64. The van der Waals surface area contributed by atoms with Gasteiger partial charge < -0.3 is 10.6 Å². The van der Waals surface area contributed by atoms with Crippen LogP contribution in [-0.2, 0) is 4.79 Å². The van der Waals surface area contributed by atoms with Crippen LogP contribution in [0.1, 0.15) is 0 Å². The molecule has 1 aromatic heterocycles. The lowest BCUT2D eigenvalue weighted by atomic mass is 10.5. The lowest BCUT2D eigenvalue weighted by molar-refractivity contribution is -0.118. The number of nitrogens with one attached hydrogen (secondary N) is 2. The number of hydrogen-bond donors (Lipinski definition) is 2. The van der Waals surface area contributed by atoms with Crippen LogP contribution in [0.15, 0.2) is 11.2 Å². The number of carbonyl (C=O) groups excluding carboxylic acids is 1. The second kappa shape index (κ2) is 5.77. The normalized spacial score (nSPS) is 9.80. The van der Waals surface area contributed by atoms with Gasteiger partial charge in [0.25, 0.3) is 0 Å². The van der Waals surface area contributed by atoms with Crippen molar-refractivity contribution in [1.82, 2.24) is 15.3 Å². The van der Waals surface area contributed by atoms with Crippen molar-refractivity contribution in [3.63, 3.8) is 0 Å². The second-order valence-corrected chi connectivity index (χ2v) is 3.75. The van der Waals surface area contributed by atoms with Crippen LogP contribution in [0.25, 0.3) is 0 Å². The molecule has 5 nitrogen and oxygen atoms in total. The fourth-order valence-electron chi connectivity index (χ4n) is 0.838. The number of rotatable bonds is 4. The van der Waals surface area contributed by atoms with Crippen LogP contribution in [0.5, 0.6) is 0 Å². The number of amides is 1. The molecular weight excluding hydrogens is 236 g/mol. The number of likely N-dealkylation sites (N-methyl/N-ethyl adjacent to an activating group) is 1. The number of aromatic nitrogens is 2. The van der Waals surface area contributed by atoms with Crippen molar-refractivity contribution < 1.29 is 4.79 Å². The van der Waals surface area contributed by atoms with Crippen molar-refractivity contribution >= 4 is 35.1 Å². The number of anilines is 1. The lowest BCUT2D eigenvalue weighted by Gasteiger charge is -2.05. The molecule has 82 valence electrons. The number of carbonyl (C=O) groups is 1. The van der Waals surface area contributed by atoms with E-state index in [9.17, 15) is 4.79 Å². The molecular formula is C8H11ClN4OS. The number of nitrogens with zero attached hydrogens (tertiary/aromatic N) is 2. The van der Waals surface area contributed by atoms with Crippen LogP contribution in [0.4, 0.5) is 5.82 Å². The minimum absolute atomic E-state index is 0.115. The van der Waals surface area contributed by atoms with E-state index in [0.717, 1.165) is 0 Å². The van der Waals surface area contributed by atoms with E-state index in [1.165, 1.54) is 11.8 Å². The summed E-state index contributed by atoms with van der Waals surface area (Å²) in [6.45, 7) is 0.164. The minimum Gasteiger partial charge on any atom is -0.361 e. The van der Waals surface area contributed by atoms with Crippen LogP contribution >= 0.6 is 23.4 Å². The summed E-state index contributed by atoms with van der Waals surface area (Å²) in [5.41, 5.74) is 0. The lowest BCUT2D eigenvalue weighted by Crippen LogP contribution is -2.26. The first-order valence-corrected chi connectivity index (χ1v) is 5.79. The summed E-state index contributed by atoms with van der Waals surface area (Å²) in [6.07, 6.45) is 1.86. The van der Waals surface area contributed by atoms with Gasteiger partial charge in [-0.2, -0.15) is 0 Å². The molecule has 0 fully saturated rings. The van der Waals surface area contributed by atoms with Crippen LogP contribution < -0.4 is 10.6 Å². The zero-order valence-corrected chi connectivity index (χ0v) is 9.95. The fraction of sp³-hybridized carbons (Fsp3) is 0.375. The Balaban J connectivity index is 2.68. The average Bonchev–Trinajstić information content (AvgIpc) is 2.25. The maximum atomic E-state index is 11.0. The molecule has 0 spiro atoms. The first kappa shape index (κ1) is 12.1. The quantitative estimate of drug-likeness (QED) is 0.472. The highest BCUT2D eigenvalue weighted by molar-refractivity contribution is 7.98. The molecule has 0 bridgehead atoms. The molecule has 15 heavy (non-hydrogen) atoms. The first-order chi connectivity index (χ1) is 7.15. The Morgan fingerprint density at radius 2 is 2.33 bits per heavy atom. The predicted octanol–water partition coefficient (Wildman–Crippen LogP) is 1.01. The van der Waals surface area contributed by atoms with Crippen LogP contribution in [0, 0.1) is 0 Å². The van der Waals surface area contributed by atoms with Crippen molar-refractivity contribution in [3.8, 4) is 0 Å². The van der Waals surface area contributed by atoms with Crippen molar-refractivity contribution in [3.05, 3.63) is 11.2 Å². The summed E-state index contributed by atoms with van der Waals surface area (Å²) < 4.78 is 0. The summed E-state index contributed by atoms with van der Waals surface area (Å²) in [5, 5.41) is 6.27. The standard InChI is InChI=1S/C8H11ClN4OS/c1-10-7(14)4-11-6-3-5(9)12-8(13-6)15-2/h3H,4H2,1-2H3,(H,10,14)(H,11,12,13). The van der Waals surface area contributed by atoms with Gasteiger partial charge in [-0.25, -0.2) is 9.97 Å². The monoisotopic (exact) mass is 246 g/mol. The molecule has 0 aliphatic carbocycles. The van der Waals surface area contributed by atoms with Gasteiger partial charge in [0.1, 0.15) is 11.0 Å². The molecule has 0 saturated carbocycles. The highest BCUT2D eigenvalue weighted by Gasteiger charge is 2.03. The van der Waals surface area contributed by atoms with Gasteiger partial charge in [-0.05, 0) is 6.26 Å². The van der Waals surface area contributed by atoms with E-state index in [1.807, 2.05) is 6.26 Å². The van der Waals surface area contributed by atoms with Crippen LogP contribution in [0.3, 0.4) is 0 Å². The molecule has 0 atom stereocenters. The molecule has 1 amide bonds. The second-order valence-electron chi connectivity index (χ2n) is 2.59. The molecule has 0 aromatic carbocycles. The number of halogens is 1. The number of hydrogen-bond acceptors (Lipinski definition) is 5. The summed E-state index contributed by atoms with van der Waals surface area (Å²) in [4.78, 5) is 19.1. The Hall–Kier alpha value is -1.01. The molecule has 0 aliphatic rings. The topological polar surface area (TPSA) is 66.9 Å². The highest BCUT2D eigenvalue weighted by atomic mass is 35.5. The van der Waals surface area contributed by atoms with E-state index in [-0.39, 0.29) is 12.5 Å². The van der Waals surface area contributed by atoms with E-state index in [2.05, 4.69) is 20.6 Å². The van der Waals surface area contributed by atoms with Gasteiger partial charge >= 0.3 is 0 Å². The molecule has 0 unspecified atom stereocenters. The molecule has 0 aliphatic heterocycles. The molecule has 0 saturated heterocycles. The fourth-order valence-corrected chi connectivity index (χ4v) is 1.45. The zero-order chi connectivity index (χ0) is 11.3. The molecule has 2 N–H and O–H groups in total. The maximum Gasteiger partial charge on any atom is 0.239 e. The molecule has 0 radical (unpaired) electrons. The third kappa shape index (κ3) is 3.93. The smallest absolute Gasteiger partial charge is 0.239 e. The van der Waals surface area contributed by atoms with Gasteiger partial charge in [0, 0.05) is 13.1 Å². The van der Waals surface area contributed by atoms with Gasteiger partial charge in [-0.1, -0.05) is 23.4 Å². The van der Waals surface area contributed by atoms with Crippen molar-refractivity contribution in [2.75, 3.05) is 25.2 Å². The third-order valence-corrected chi connectivity index (χ3v) is 2.31. The van der Waals surface area contributed by atoms with Gasteiger partial charge in [0.2, 0.25) is 5.91 Å². The van der Waals surface area contributed by atoms with Crippen molar-refractivity contribution in [1.29, 1.82) is 0 Å². The van der Waals surface area contributed by atoms with E-state index in [0.29, 0.717) is 16.1 Å². The van der Waals surface area contributed by atoms with Crippen molar-refractivity contribution in [2.24, 2.45) is 0 Å². The zero-order valence-electron chi connectivity index (χ0n) is 8.37. The van der Waals surface area contributed by atoms with E-state index in [4.69, 9.17) is 11.6 Å².